The third-order valence-corrected chi connectivity index (χ3v) is 9.61. The largest absolute Gasteiger partial charge is 0.391 e. The van der Waals surface area contributed by atoms with Gasteiger partial charge in [0, 0.05) is 6.42 Å². The fourth-order valence-corrected chi connectivity index (χ4v) is 6.46. The summed E-state index contributed by atoms with van der Waals surface area (Å²) in [6.45, 7) is 6.44. The summed E-state index contributed by atoms with van der Waals surface area (Å²) < 4.78 is 21.3. The summed E-state index contributed by atoms with van der Waals surface area (Å²) >= 11 is 0. The molecule has 5 heteroatoms. The summed E-state index contributed by atoms with van der Waals surface area (Å²) in [5.74, 6) is -1.88. The Morgan fingerprint density at radius 2 is 1.07 bits per heavy atom. The number of carbonyl (C=O) groups is 2. The molecule has 0 bridgehead atoms. The van der Waals surface area contributed by atoms with E-state index in [1.54, 1.807) is 0 Å². The molecule has 0 radical (unpaired) electrons. The van der Waals surface area contributed by atoms with Gasteiger partial charge in [0.05, 0.1) is 0 Å². The van der Waals surface area contributed by atoms with E-state index in [2.05, 4.69) is 13.8 Å². The van der Waals surface area contributed by atoms with Gasteiger partial charge < -0.3 is 9.84 Å². The van der Waals surface area contributed by atoms with Crippen LogP contribution in [-0.2, 0) is 14.3 Å². The normalized spacial score (nSPS) is 16.5. The molecule has 2 unspecified atom stereocenters. The Labute approximate surface area is 259 Å². The Balaban J connectivity index is 2.24. The summed E-state index contributed by atoms with van der Waals surface area (Å²) in [4.78, 5) is 25.3. The number of hydrogen-bond donors (Lipinski definition) is 1. The van der Waals surface area contributed by atoms with Crippen molar-refractivity contribution in [2.45, 2.75) is 218 Å². The van der Waals surface area contributed by atoms with Crippen molar-refractivity contribution in [2.24, 2.45) is 5.92 Å². The van der Waals surface area contributed by atoms with Crippen LogP contribution in [0.4, 0.5) is 4.39 Å². The van der Waals surface area contributed by atoms with Gasteiger partial charge in [-0.25, -0.2) is 9.18 Å². The molecule has 1 fully saturated rings. The average Bonchev–Trinajstić information content (AvgIpc) is 2.95. The first-order chi connectivity index (χ1) is 20.3. The van der Waals surface area contributed by atoms with Gasteiger partial charge in [0.2, 0.25) is 5.67 Å². The molecule has 42 heavy (non-hydrogen) atoms. The SMILES string of the molecule is CCCCCCCCCCCCCCCC(=O)OC(=O)C(F)(CC(C)CCCCCCCCCCCC)C1(O)CCC1. The van der Waals surface area contributed by atoms with Crippen molar-refractivity contribution in [2.75, 3.05) is 0 Å². The number of carbonyl (C=O) groups excluding carboxylic acids is 2. The number of unbranched alkanes of at least 4 members (excludes halogenated alkanes) is 21. The summed E-state index contributed by atoms with van der Waals surface area (Å²) in [6, 6.07) is 0. The second-order valence-corrected chi connectivity index (χ2v) is 13.7. The van der Waals surface area contributed by atoms with Crippen molar-refractivity contribution >= 4 is 11.9 Å². The zero-order valence-electron chi connectivity index (χ0n) is 28.1. The molecule has 0 aromatic heterocycles. The molecule has 1 rings (SSSR count). The molecule has 1 N–H and O–H groups in total. The van der Waals surface area contributed by atoms with Gasteiger partial charge in [0.1, 0.15) is 5.60 Å². The van der Waals surface area contributed by atoms with Gasteiger partial charge in [-0.05, 0) is 38.0 Å². The lowest BCUT2D eigenvalue weighted by Gasteiger charge is -2.46. The van der Waals surface area contributed by atoms with Crippen molar-refractivity contribution in [3.8, 4) is 0 Å². The highest BCUT2D eigenvalue weighted by Gasteiger charge is 2.61. The van der Waals surface area contributed by atoms with Gasteiger partial charge in [-0.2, -0.15) is 0 Å². The van der Waals surface area contributed by atoms with Crippen LogP contribution in [-0.4, -0.2) is 28.3 Å². The predicted molar refractivity (Wildman–Crippen MR) is 174 cm³/mol. The van der Waals surface area contributed by atoms with Crippen LogP contribution >= 0.6 is 0 Å². The third kappa shape index (κ3) is 16.8. The molecule has 0 saturated heterocycles. The number of halogens is 1. The number of aliphatic hydroxyl groups is 1. The standard InChI is InChI=1S/C37H69FO4/c1-4-6-8-10-12-14-16-17-18-20-22-24-26-29-34(39)42-35(40)37(38,36(41)30-27-31-36)32-33(3)28-25-23-21-19-15-13-11-9-7-5-2/h33,41H,4-32H2,1-3H3. The van der Waals surface area contributed by atoms with E-state index in [1.807, 2.05) is 6.92 Å². The second-order valence-electron chi connectivity index (χ2n) is 13.7. The van der Waals surface area contributed by atoms with Crippen LogP contribution in [0.5, 0.6) is 0 Å². The number of rotatable bonds is 29. The molecule has 1 aliphatic carbocycles. The first-order valence-corrected chi connectivity index (χ1v) is 18.5. The topological polar surface area (TPSA) is 63.6 Å². The minimum absolute atomic E-state index is 0.0580. The van der Waals surface area contributed by atoms with E-state index in [0.717, 1.165) is 32.1 Å². The van der Waals surface area contributed by atoms with Crippen molar-refractivity contribution < 1.29 is 23.8 Å². The fourth-order valence-electron chi connectivity index (χ4n) is 6.46. The monoisotopic (exact) mass is 597 g/mol. The summed E-state index contributed by atoms with van der Waals surface area (Å²) in [5.41, 5.74) is -4.21. The minimum atomic E-state index is -2.51. The summed E-state index contributed by atoms with van der Waals surface area (Å²) in [6.07, 6.45) is 30.3. The van der Waals surface area contributed by atoms with E-state index in [-0.39, 0.29) is 31.6 Å². The number of ether oxygens (including phenoxy) is 1. The van der Waals surface area contributed by atoms with E-state index < -0.39 is 23.2 Å². The highest BCUT2D eigenvalue weighted by molar-refractivity contribution is 5.91. The Kier molecular flexibility index (Phi) is 22.7. The van der Waals surface area contributed by atoms with E-state index in [1.165, 1.54) is 116 Å². The van der Waals surface area contributed by atoms with Crippen LogP contribution < -0.4 is 0 Å². The molecule has 0 aromatic carbocycles. The lowest BCUT2D eigenvalue weighted by atomic mass is 9.66. The van der Waals surface area contributed by atoms with Gasteiger partial charge >= 0.3 is 11.9 Å². The highest BCUT2D eigenvalue weighted by atomic mass is 19.1. The van der Waals surface area contributed by atoms with Crippen LogP contribution in [0.25, 0.3) is 0 Å². The van der Waals surface area contributed by atoms with E-state index in [0.29, 0.717) is 12.8 Å². The van der Waals surface area contributed by atoms with E-state index in [9.17, 15) is 14.7 Å². The maximum atomic E-state index is 16.2. The predicted octanol–water partition coefficient (Wildman–Crippen LogP) is 11.5. The van der Waals surface area contributed by atoms with Gasteiger partial charge in [0.25, 0.3) is 0 Å². The first-order valence-electron chi connectivity index (χ1n) is 18.5. The smallest absolute Gasteiger partial charge is 0.354 e. The summed E-state index contributed by atoms with van der Waals surface area (Å²) in [5, 5.41) is 10.9. The van der Waals surface area contributed by atoms with Crippen LogP contribution in [0.15, 0.2) is 0 Å². The molecule has 0 aromatic rings. The quantitative estimate of drug-likeness (QED) is 0.0530. The van der Waals surface area contributed by atoms with E-state index in [4.69, 9.17) is 4.74 Å². The van der Waals surface area contributed by atoms with Crippen molar-refractivity contribution in [1.82, 2.24) is 0 Å². The van der Waals surface area contributed by atoms with Gasteiger partial charge in [-0.15, -0.1) is 0 Å². The van der Waals surface area contributed by atoms with Crippen LogP contribution in [0.3, 0.4) is 0 Å². The Morgan fingerprint density at radius 1 is 0.690 bits per heavy atom. The molecule has 0 aliphatic heterocycles. The molecule has 0 heterocycles. The zero-order valence-corrected chi connectivity index (χ0v) is 28.1. The first kappa shape index (κ1) is 39.1. The van der Waals surface area contributed by atoms with Crippen LogP contribution in [0.2, 0.25) is 0 Å². The van der Waals surface area contributed by atoms with Gasteiger partial charge in [-0.3, -0.25) is 4.79 Å². The van der Waals surface area contributed by atoms with E-state index >= 15 is 4.39 Å². The molecular weight excluding hydrogens is 527 g/mol. The van der Waals surface area contributed by atoms with Crippen molar-refractivity contribution in [1.29, 1.82) is 0 Å². The van der Waals surface area contributed by atoms with Crippen molar-refractivity contribution in [3.63, 3.8) is 0 Å². The Hall–Kier alpha value is -0.970. The second kappa shape index (κ2) is 24.4. The van der Waals surface area contributed by atoms with Gasteiger partial charge in [0.15, 0.2) is 0 Å². The Bertz CT molecular complexity index is 677. The highest BCUT2D eigenvalue weighted by Crippen LogP contribution is 2.47. The lowest BCUT2D eigenvalue weighted by molar-refractivity contribution is -0.200. The summed E-state index contributed by atoms with van der Waals surface area (Å²) in [7, 11) is 0. The maximum absolute atomic E-state index is 16.2. The Morgan fingerprint density at radius 3 is 1.45 bits per heavy atom. The molecule has 0 spiro atoms. The molecule has 1 aliphatic rings. The average molecular weight is 597 g/mol. The molecule has 0 amide bonds. The molecular formula is C37H69FO4. The minimum Gasteiger partial charge on any atom is -0.391 e. The van der Waals surface area contributed by atoms with Crippen LogP contribution in [0.1, 0.15) is 207 Å². The maximum Gasteiger partial charge on any atom is 0.354 e. The number of alkyl halides is 1. The lowest BCUT2D eigenvalue weighted by Crippen LogP contribution is -2.61. The molecule has 248 valence electrons. The van der Waals surface area contributed by atoms with Crippen molar-refractivity contribution in [3.05, 3.63) is 0 Å². The van der Waals surface area contributed by atoms with Crippen LogP contribution in [0, 0.1) is 5.92 Å². The molecule has 1 saturated carbocycles. The zero-order chi connectivity index (χ0) is 30.9. The fraction of sp³-hybridized carbons (Fsp3) is 0.946. The number of hydrogen-bond acceptors (Lipinski definition) is 4. The molecule has 4 nitrogen and oxygen atoms in total. The van der Waals surface area contributed by atoms with Gasteiger partial charge in [-0.1, -0.05) is 168 Å². The molecule has 2 atom stereocenters. The number of esters is 2. The third-order valence-electron chi connectivity index (χ3n) is 9.61.